The highest BCUT2D eigenvalue weighted by molar-refractivity contribution is 7.99. The third-order valence-corrected chi connectivity index (χ3v) is 6.66. The molecule has 1 aromatic heterocycles. The Morgan fingerprint density at radius 3 is 2.62 bits per heavy atom. The van der Waals surface area contributed by atoms with E-state index in [9.17, 15) is 4.79 Å². The number of carbonyl (C=O) groups is 1. The van der Waals surface area contributed by atoms with Crippen molar-refractivity contribution in [2.24, 2.45) is 0 Å². The lowest BCUT2D eigenvalue weighted by molar-refractivity contribution is -0.116. The van der Waals surface area contributed by atoms with Crippen molar-refractivity contribution in [3.8, 4) is 11.4 Å². The predicted octanol–water partition coefficient (Wildman–Crippen LogP) is 5.49. The van der Waals surface area contributed by atoms with Crippen LogP contribution in [0, 0.1) is 0 Å². The molecule has 1 aliphatic rings. The van der Waals surface area contributed by atoms with Crippen molar-refractivity contribution in [3.05, 3.63) is 78.4 Å². The summed E-state index contributed by atoms with van der Waals surface area (Å²) in [6, 6.07) is 24.4. The number of ether oxygens (including phenoxy) is 1. The number of hydrogen-bond donors (Lipinski definition) is 0. The average molecular weight is 444 g/mol. The number of hydrogen-bond acceptors (Lipinski definition) is 4. The maximum Gasteiger partial charge on any atom is 0.237 e. The summed E-state index contributed by atoms with van der Waals surface area (Å²) in [5, 5.41) is 0.809. The summed E-state index contributed by atoms with van der Waals surface area (Å²) in [6.07, 6.45) is 0.900. The quantitative estimate of drug-likeness (QED) is 0.370. The summed E-state index contributed by atoms with van der Waals surface area (Å²) in [7, 11) is 0. The number of rotatable bonds is 6. The molecule has 0 saturated heterocycles. The van der Waals surface area contributed by atoms with E-state index in [0.717, 1.165) is 39.7 Å². The monoisotopic (exact) mass is 443 g/mol. The van der Waals surface area contributed by atoms with E-state index in [4.69, 9.17) is 9.72 Å². The van der Waals surface area contributed by atoms with Crippen LogP contribution in [0.2, 0.25) is 0 Å². The number of fused-ring (bicyclic) bond motifs is 2. The van der Waals surface area contributed by atoms with E-state index in [1.807, 2.05) is 72.5 Å². The molecule has 2 heterocycles. The molecule has 5 rings (SSSR count). The van der Waals surface area contributed by atoms with Gasteiger partial charge in [0, 0.05) is 17.4 Å². The topological polar surface area (TPSA) is 47.4 Å². The molecule has 32 heavy (non-hydrogen) atoms. The number of benzene rings is 3. The molecule has 0 saturated carbocycles. The van der Waals surface area contributed by atoms with E-state index in [1.165, 1.54) is 17.3 Å². The van der Waals surface area contributed by atoms with E-state index >= 15 is 0 Å². The van der Waals surface area contributed by atoms with Gasteiger partial charge in [0.25, 0.3) is 0 Å². The van der Waals surface area contributed by atoms with Gasteiger partial charge in [-0.2, -0.15) is 0 Å². The molecule has 0 aliphatic carbocycles. The van der Waals surface area contributed by atoms with Crippen molar-refractivity contribution in [2.75, 3.05) is 17.3 Å². The van der Waals surface area contributed by atoms with Crippen LogP contribution in [-0.2, 0) is 11.2 Å². The number of imidazole rings is 1. The Bertz CT molecular complexity index is 1270. The van der Waals surface area contributed by atoms with E-state index in [2.05, 4.69) is 23.6 Å². The number of aromatic nitrogens is 2. The summed E-state index contributed by atoms with van der Waals surface area (Å²) < 4.78 is 7.71. The lowest BCUT2D eigenvalue weighted by atomic mass is 10.1. The van der Waals surface area contributed by atoms with Gasteiger partial charge in [-0.05, 0) is 68.3 Å². The second-order valence-electron chi connectivity index (χ2n) is 7.88. The Kier molecular flexibility index (Phi) is 5.62. The molecule has 0 spiro atoms. The van der Waals surface area contributed by atoms with Gasteiger partial charge < -0.3 is 9.64 Å². The zero-order valence-electron chi connectivity index (χ0n) is 18.2. The van der Waals surface area contributed by atoms with E-state index in [0.29, 0.717) is 12.4 Å². The van der Waals surface area contributed by atoms with Crippen molar-refractivity contribution in [1.29, 1.82) is 0 Å². The molecule has 0 fully saturated rings. The molecule has 3 aromatic carbocycles. The van der Waals surface area contributed by atoms with Gasteiger partial charge in [0.2, 0.25) is 5.91 Å². The van der Waals surface area contributed by atoms with Crippen LogP contribution in [0.4, 0.5) is 5.69 Å². The number of thioether (sulfide) groups is 1. The van der Waals surface area contributed by atoms with Crippen molar-refractivity contribution in [1.82, 2.24) is 9.55 Å². The zero-order chi connectivity index (χ0) is 22.1. The van der Waals surface area contributed by atoms with Crippen molar-refractivity contribution in [3.63, 3.8) is 0 Å². The highest BCUT2D eigenvalue weighted by atomic mass is 32.2. The van der Waals surface area contributed by atoms with Gasteiger partial charge in [0.05, 0.1) is 23.4 Å². The fourth-order valence-corrected chi connectivity index (χ4v) is 5.24. The van der Waals surface area contributed by atoms with Crippen LogP contribution in [0.3, 0.4) is 0 Å². The van der Waals surface area contributed by atoms with E-state index < -0.39 is 0 Å². The van der Waals surface area contributed by atoms with E-state index in [-0.39, 0.29) is 11.9 Å². The minimum absolute atomic E-state index is 0.109. The Hall–Kier alpha value is -3.25. The van der Waals surface area contributed by atoms with Crippen LogP contribution >= 0.6 is 11.8 Å². The molecule has 0 N–H and O–H groups in total. The SMILES string of the molecule is CCOc1ccc(-n2c(SCC(=O)N3c4ccccc4CC3C)nc3ccccc32)cc1. The number of nitrogens with zero attached hydrogens (tertiary/aromatic N) is 3. The summed E-state index contributed by atoms with van der Waals surface area (Å²) in [5.74, 6) is 1.28. The minimum Gasteiger partial charge on any atom is -0.494 e. The molecular weight excluding hydrogens is 418 g/mol. The third-order valence-electron chi connectivity index (χ3n) is 5.74. The Balaban J connectivity index is 1.43. The van der Waals surface area contributed by atoms with Crippen molar-refractivity contribution >= 4 is 34.4 Å². The molecule has 4 aromatic rings. The van der Waals surface area contributed by atoms with Crippen LogP contribution in [0.15, 0.2) is 78.0 Å². The van der Waals surface area contributed by atoms with Crippen LogP contribution in [0.25, 0.3) is 16.7 Å². The standard InChI is InChI=1S/C26H25N3O2S/c1-3-31-21-14-12-20(13-15-21)29-24-11-7-5-9-22(24)27-26(29)32-17-25(30)28-18(2)16-19-8-4-6-10-23(19)28/h4-15,18H,3,16-17H2,1-2H3. The smallest absolute Gasteiger partial charge is 0.237 e. The molecular formula is C26H25N3O2S. The summed E-state index contributed by atoms with van der Waals surface area (Å²) in [4.78, 5) is 20.0. The predicted molar refractivity (Wildman–Crippen MR) is 130 cm³/mol. The molecule has 6 heteroatoms. The molecule has 1 amide bonds. The van der Waals surface area contributed by atoms with E-state index in [1.54, 1.807) is 0 Å². The van der Waals surface area contributed by atoms with Crippen LogP contribution in [-0.4, -0.2) is 33.9 Å². The van der Waals surface area contributed by atoms with Crippen LogP contribution < -0.4 is 9.64 Å². The first-order chi connectivity index (χ1) is 15.7. The summed E-state index contributed by atoms with van der Waals surface area (Å²) >= 11 is 1.48. The first kappa shape index (κ1) is 20.6. The largest absolute Gasteiger partial charge is 0.494 e. The molecule has 0 bridgehead atoms. The van der Waals surface area contributed by atoms with Gasteiger partial charge in [-0.15, -0.1) is 0 Å². The third kappa shape index (κ3) is 3.75. The normalized spacial score (nSPS) is 15.2. The zero-order valence-corrected chi connectivity index (χ0v) is 19.0. The van der Waals surface area contributed by atoms with Crippen LogP contribution in [0.1, 0.15) is 19.4 Å². The summed E-state index contributed by atoms with van der Waals surface area (Å²) in [5.41, 5.74) is 5.20. The minimum atomic E-state index is 0.109. The summed E-state index contributed by atoms with van der Waals surface area (Å²) in [6.45, 7) is 4.72. The molecule has 1 aliphatic heterocycles. The van der Waals surface area contributed by atoms with Gasteiger partial charge >= 0.3 is 0 Å². The second kappa shape index (κ2) is 8.71. The van der Waals surface area contributed by atoms with Crippen LogP contribution in [0.5, 0.6) is 5.75 Å². The lowest BCUT2D eigenvalue weighted by Crippen LogP contribution is -2.37. The number of amides is 1. The first-order valence-corrected chi connectivity index (χ1v) is 11.9. The van der Waals surface area contributed by atoms with Crippen molar-refractivity contribution in [2.45, 2.75) is 31.5 Å². The Morgan fingerprint density at radius 1 is 1.06 bits per heavy atom. The highest BCUT2D eigenvalue weighted by Gasteiger charge is 2.30. The maximum atomic E-state index is 13.2. The lowest BCUT2D eigenvalue weighted by Gasteiger charge is -2.22. The number of para-hydroxylation sites is 3. The van der Waals surface area contributed by atoms with Gasteiger partial charge in [-0.25, -0.2) is 4.98 Å². The highest BCUT2D eigenvalue weighted by Crippen LogP contribution is 2.34. The molecule has 5 nitrogen and oxygen atoms in total. The second-order valence-corrected chi connectivity index (χ2v) is 8.82. The molecule has 1 unspecified atom stereocenters. The Labute approximate surface area is 192 Å². The molecule has 162 valence electrons. The van der Waals surface area contributed by atoms with Gasteiger partial charge in [-0.3, -0.25) is 9.36 Å². The van der Waals surface area contributed by atoms with Gasteiger partial charge in [0.15, 0.2) is 5.16 Å². The number of anilines is 1. The van der Waals surface area contributed by atoms with Gasteiger partial charge in [-0.1, -0.05) is 42.1 Å². The maximum absolute atomic E-state index is 13.2. The fraction of sp³-hybridized carbons (Fsp3) is 0.231. The fourth-order valence-electron chi connectivity index (χ4n) is 4.35. The Morgan fingerprint density at radius 2 is 1.81 bits per heavy atom. The van der Waals surface area contributed by atoms with Gasteiger partial charge in [0.1, 0.15) is 5.75 Å². The molecule has 1 atom stereocenters. The molecule has 0 radical (unpaired) electrons. The first-order valence-electron chi connectivity index (χ1n) is 10.9. The average Bonchev–Trinajstić information content (AvgIpc) is 3.35. The van der Waals surface area contributed by atoms with Crippen molar-refractivity contribution < 1.29 is 9.53 Å². The number of carbonyl (C=O) groups excluding carboxylic acids is 1.